The maximum absolute atomic E-state index is 11.2. The molecule has 94 valence electrons. The molecule has 0 bridgehead atoms. The van der Waals surface area contributed by atoms with Crippen molar-refractivity contribution in [2.24, 2.45) is 11.6 Å². The van der Waals surface area contributed by atoms with Crippen LogP contribution in [0.4, 0.5) is 0 Å². The minimum Gasteiger partial charge on any atom is -0.324 e. The predicted molar refractivity (Wildman–Crippen MR) is 63.4 cm³/mol. The maximum Gasteiger partial charge on any atom is 0.235 e. The third-order valence-electron chi connectivity index (χ3n) is 2.30. The van der Waals surface area contributed by atoms with E-state index in [-0.39, 0.29) is 17.2 Å². The molecule has 1 atom stereocenters. The van der Waals surface area contributed by atoms with Gasteiger partial charge in [-0.05, 0) is 17.7 Å². The van der Waals surface area contributed by atoms with Crippen molar-refractivity contribution in [3.63, 3.8) is 0 Å². The van der Waals surface area contributed by atoms with E-state index in [1.165, 1.54) is 12.1 Å². The summed E-state index contributed by atoms with van der Waals surface area (Å²) in [5, 5.41) is 0. The number of nitrogens with two attached hydrogens (primary N) is 2. The Bertz CT molecular complexity index is 496. The van der Waals surface area contributed by atoms with Crippen LogP contribution in [0.15, 0.2) is 29.2 Å². The Morgan fingerprint density at radius 2 is 1.88 bits per heavy atom. The standard InChI is InChI=1S/C10H15N3O3S/c1-17(15,16)8-4-2-7(3-5-8)9(11)6-10(14)13-12/h2-5,9H,6,11-12H2,1H3,(H,13,14). The number of amides is 1. The molecule has 0 aliphatic carbocycles. The molecule has 5 N–H and O–H groups in total. The molecule has 0 saturated carbocycles. The summed E-state index contributed by atoms with van der Waals surface area (Å²) >= 11 is 0. The third-order valence-corrected chi connectivity index (χ3v) is 3.43. The molecular formula is C10H15N3O3S. The van der Waals surface area contributed by atoms with E-state index in [0.29, 0.717) is 5.56 Å². The minimum absolute atomic E-state index is 0.0503. The van der Waals surface area contributed by atoms with Gasteiger partial charge in [0.25, 0.3) is 0 Å². The first-order valence-electron chi connectivity index (χ1n) is 4.89. The lowest BCUT2D eigenvalue weighted by atomic mass is 10.0. The number of hydrogen-bond acceptors (Lipinski definition) is 5. The highest BCUT2D eigenvalue weighted by Crippen LogP contribution is 2.17. The van der Waals surface area contributed by atoms with Crippen molar-refractivity contribution >= 4 is 15.7 Å². The lowest BCUT2D eigenvalue weighted by Gasteiger charge is -2.11. The molecule has 0 fully saturated rings. The van der Waals surface area contributed by atoms with Crippen LogP contribution in [0.5, 0.6) is 0 Å². The highest BCUT2D eigenvalue weighted by molar-refractivity contribution is 7.90. The van der Waals surface area contributed by atoms with E-state index >= 15 is 0 Å². The van der Waals surface area contributed by atoms with E-state index in [2.05, 4.69) is 0 Å². The van der Waals surface area contributed by atoms with Crippen molar-refractivity contribution < 1.29 is 13.2 Å². The molecule has 6 nitrogen and oxygen atoms in total. The largest absolute Gasteiger partial charge is 0.324 e. The van der Waals surface area contributed by atoms with Gasteiger partial charge < -0.3 is 5.73 Å². The van der Waals surface area contributed by atoms with Gasteiger partial charge in [-0.1, -0.05) is 12.1 Å². The fourth-order valence-corrected chi connectivity index (χ4v) is 1.97. The first-order valence-corrected chi connectivity index (χ1v) is 6.79. The van der Waals surface area contributed by atoms with Gasteiger partial charge in [0.1, 0.15) is 0 Å². The zero-order valence-electron chi connectivity index (χ0n) is 9.38. The maximum atomic E-state index is 11.2. The summed E-state index contributed by atoms with van der Waals surface area (Å²) in [6, 6.07) is 5.60. The van der Waals surface area contributed by atoms with Gasteiger partial charge in [0, 0.05) is 18.7 Å². The van der Waals surface area contributed by atoms with Crippen LogP contribution >= 0.6 is 0 Å². The predicted octanol–water partition coefficient (Wildman–Crippen LogP) is -0.530. The van der Waals surface area contributed by atoms with Gasteiger partial charge in [-0.15, -0.1) is 0 Å². The van der Waals surface area contributed by atoms with Crippen molar-refractivity contribution in [2.45, 2.75) is 17.4 Å². The van der Waals surface area contributed by atoms with Crippen LogP contribution in [0.3, 0.4) is 0 Å². The first kappa shape index (κ1) is 13.6. The zero-order valence-corrected chi connectivity index (χ0v) is 10.2. The third kappa shape index (κ3) is 3.81. The highest BCUT2D eigenvalue weighted by atomic mass is 32.2. The fraction of sp³-hybridized carbons (Fsp3) is 0.300. The Morgan fingerprint density at radius 1 is 1.35 bits per heavy atom. The molecule has 17 heavy (non-hydrogen) atoms. The summed E-state index contributed by atoms with van der Waals surface area (Å²) < 4.78 is 22.5. The van der Waals surface area contributed by atoms with Crippen molar-refractivity contribution in [1.29, 1.82) is 0 Å². The SMILES string of the molecule is CS(=O)(=O)c1ccc(C(N)CC(=O)NN)cc1. The van der Waals surface area contributed by atoms with Crippen molar-refractivity contribution in [2.75, 3.05) is 6.26 Å². The molecule has 7 heteroatoms. The van der Waals surface area contributed by atoms with Crippen LogP contribution in [0.1, 0.15) is 18.0 Å². The van der Waals surface area contributed by atoms with Crippen molar-refractivity contribution in [1.82, 2.24) is 5.43 Å². The average Bonchev–Trinajstić information content (AvgIpc) is 2.27. The number of hydrazine groups is 1. The van der Waals surface area contributed by atoms with E-state index in [9.17, 15) is 13.2 Å². The van der Waals surface area contributed by atoms with Crippen LogP contribution < -0.4 is 17.0 Å². The van der Waals surface area contributed by atoms with E-state index in [1.807, 2.05) is 5.43 Å². The monoisotopic (exact) mass is 257 g/mol. The van der Waals surface area contributed by atoms with E-state index in [1.54, 1.807) is 12.1 Å². The summed E-state index contributed by atoms with van der Waals surface area (Å²) in [6.45, 7) is 0. The zero-order chi connectivity index (χ0) is 13.1. The lowest BCUT2D eigenvalue weighted by Crippen LogP contribution is -2.32. The molecule has 1 aromatic carbocycles. The quantitative estimate of drug-likeness (QED) is 0.381. The molecule has 1 aromatic rings. The summed E-state index contributed by atoms with van der Waals surface area (Å²) in [5.74, 6) is 4.57. The second kappa shape index (κ2) is 5.26. The van der Waals surface area contributed by atoms with Gasteiger partial charge >= 0.3 is 0 Å². The van der Waals surface area contributed by atoms with Gasteiger partial charge in [-0.2, -0.15) is 0 Å². The lowest BCUT2D eigenvalue weighted by molar-refractivity contribution is -0.121. The normalized spacial score (nSPS) is 13.1. The number of hydrogen-bond donors (Lipinski definition) is 3. The Balaban J connectivity index is 2.84. The van der Waals surface area contributed by atoms with Crippen LogP contribution in [0.2, 0.25) is 0 Å². The summed E-state index contributed by atoms with van der Waals surface area (Å²) in [7, 11) is -3.21. The van der Waals surface area contributed by atoms with Crippen molar-refractivity contribution in [3.8, 4) is 0 Å². The first-order chi connectivity index (χ1) is 7.84. The summed E-state index contributed by atoms with van der Waals surface area (Å²) in [5.41, 5.74) is 8.43. The molecule has 0 heterocycles. The molecule has 1 unspecified atom stereocenters. The van der Waals surface area contributed by atoms with E-state index in [0.717, 1.165) is 6.26 Å². The fourth-order valence-electron chi connectivity index (χ4n) is 1.34. The Labute approximate surface area is 99.9 Å². The number of carbonyl (C=O) groups is 1. The number of nitrogens with one attached hydrogen (secondary N) is 1. The number of sulfone groups is 1. The van der Waals surface area contributed by atoms with Gasteiger partial charge in [-0.25, -0.2) is 14.3 Å². The summed E-state index contributed by atoms with van der Waals surface area (Å²) in [4.78, 5) is 11.2. The van der Waals surface area contributed by atoms with Gasteiger partial charge in [0.05, 0.1) is 4.90 Å². The molecule has 1 amide bonds. The summed E-state index contributed by atoms with van der Waals surface area (Å²) in [6.07, 6.45) is 1.18. The molecule has 0 aliphatic heterocycles. The smallest absolute Gasteiger partial charge is 0.235 e. The van der Waals surface area contributed by atoms with E-state index < -0.39 is 15.9 Å². The highest BCUT2D eigenvalue weighted by Gasteiger charge is 2.12. The number of benzene rings is 1. The molecule has 0 aliphatic rings. The van der Waals surface area contributed by atoms with Crippen LogP contribution in [0, 0.1) is 0 Å². The van der Waals surface area contributed by atoms with Gasteiger partial charge in [0.15, 0.2) is 9.84 Å². The molecule has 0 radical (unpaired) electrons. The Morgan fingerprint density at radius 3 is 2.29 bits per heavy atom. The van der Waals surface area contributed by atoms with Gasteiger partial charge in [-0.3, -0.25) is 10.2 Å². The topological polar surface area (TPSA) is 115 Å². The van der Waals surface area contributed by atoms with Crippen LogP contribution in [-0.4, -0.2) is 20.6 Å². The molecule has 0 aromatic heterocycles. The second-order valence-electron chi connectivity index (χ2n) is 3.72. The van der Waals surface area contributed by atoms with Crippen molar-refractivity contribution in [3.05, 3.63) is 29.8 Å². The molecular weight excluding hydrogens is 242 g/mol. The second-order valence-corrected chi connectivity index (χ2v) is 5.74. The Kier molecular flexibility index (Phi) is 4.22. The molecule has 0 spiro atoms. The average molecular weight is 257 g/mol. The molecule has 0 saturated heterocycles. The van der Waals surface area contributed by atoms with Gasteiger partial charge in [0.2, 0.25) is 5.91 Å². The Hall–Kier alpha value is -1.44. The number of rotatable bonds is 4. The van der Waals surface area contributed by atoms with Crippen LogP contribution in [0.25, 0.3) is 0 Å². The van der Waals surface area contributed by atoms with E-state index in [4.69, 9.17) is 11.6 Å². The number of carbonyl (C=O) groups excluding carboxylic acids is 1. The molecule has 1 rings (SSSR count). The van der Waals surface area contributed by atoms with Crippen LogP contribution in [-0.2, 0) is 14.6 Å². The minimum atomic E-state index is -3.21.